The lowest BCUT2D eigenvalue weighted by Gasteiger charge is -2.28. The molecule has 0 amide bonds. The van der Waals surface area contributed by atoms with Gasteiger partial charge in [-0.1, -0.05) is 46.8 Å². The van der Waals surface area contributed by atoms with Crippen molar-refractivity contribution < 1.29 is 4.42 Å². The lowest BCUT2D eigenvalue weighted by Crippen LogP contribution is -2.29. The largest absolute Gasteiger partial charge is 0.459 e. The fourth-order valence-corrected chi connectivity index (χ4v) is 2.95. The van der Waals surface area contributed by atoms with Crippen molar-refractivity contribution in [3.63, 3.8) is 0 Å². The molecule has 0 aliphatic rings. The number of benzene rings is 1. The molecule has 110 valence electrons. The Morgan fingerprint density at radius 1 is 1.15 bits per heavy atom. The summed E-state index contributed by atoms with van der Waals surface area (Å²) in [4.78, 5) is 0. The van der Waals surface area contributed by atoms with E-state index >= 15 is 0 Å². The third-order valence-electron chi connectivity index (χ3n) is 3.99. The predicted octanol–water partition coefficient (Wildman–Crippen LogP) is 5.17. The van der Waals surface area contributed by atoms with E-state index in [4.69, 9.17) is 4.42 Å². The summed E-state index contributed by atoms with van der Waals surface area (Å²) in [6.07, 6.45) is 0. The van der Waals surface area contributed by atoms with Crippen LogP contribution in [0.3, 0.4) is 0 Å². The highest BCUT2D eigenvalue weighted by Crippen LogP contribution is 2.38. The molecule has 2 heteroatoms. The van der Waals surface area contributed by atoms with Crippen molar-refractivity contribution in [2.75, 3.05) is 7.05 Å². The number of hydrogen-bond donors (Lipinski definition) is 1. The molecule has 0 aliphatic carbocycles. The molecule has 1 heterocycles. The number of furan rings is 1. The van der Waals surface area contributed by atoms with Gasteiger partial charge in [0.25, 0.3) is 0 Å². The Labute approximate surface area is 122 Å². The Morgan fingerprint density at radius 2 is 1.80 bits per heavy atom. The highest BCUT2D eigenvalue weighted by molar-refractivity contribution is 5.85. The molecule has 0 radical (unpaired) electrons. The quantitative estimate of drug-likeness (QED) is 0.834. The zero-order valence-electron chi connectivity index (χ0n) is 13.8. The van der Waals surface area contributed by atoms with Crippen LogP contribution in [-0.4, -0.2) is 7.05 Å². The summed E-state index contributed by atoms with van der Waals surface area (Å²) in [7, 11) is 2.00. The molecule has 1 aromatic carbocycles. The average Bonchev–Trinajstić information content (AvgIpc) is 2.73. The second-order valence-corrected chi connectivity index (χ2v) is 7.11. The second-order valence-electron chi connectivity index (χ2n) is 7.11. The van der Waals surface area contributed by atoms with Gasteiger partial charge in [0.15, 0.2) is 0 Å². The third-order valence-corrected chi connectivity index (χ3v) is 3.99. The highest BCUT2D eigenvalue weighted by Gasteiger charge is 2.28. The van der Waals surface area contributed by atoms with Crippen molar-refractivity contribution in [3.8, 4) is 0 Å². The van der Waals surface area contributed by atoms with Crippen LogP contribution in [0.1, 0.15) is 63.5 Å². The number of fused-ring (bicyclic) bond motifs is 1. The van der Waals surface area contributed by atoms with Crippen LogP contribution in [-0.2, 0) is 0 Å². The summed E-state index contributed by atoms with van der Waals surface area (Å²) in [5, 5.41) is 4.66. The minimum atomic E-state index is 0.120. The molecule has 0 saturated carbocycles. The summed E-state index contributed by atoms with van der Waals surface area (Å²) in [6.45, 7) is 13.3. The first-order valence-corrected chi connectivity index (χ1v) is 7.46. The molecular formula is C18H27NO. The van der Waals surface area contributed by atoms with E-state index in [1.807, 2.05) is 7.05 Å². The van der Waals surface area contributed by atoms with E-state index in [1.54, 1.807) is 0 Å². The first kappa shape index (κ1) is 15.1. The molecule has 2 nitrogen and oxygen atoms in total. The molecule has 0 aliphatic heterocycles. The van der Waals surface area contributed by atoms with Crippen molar-refractivity contribution >= 4 is 11.0 Å². The van der Waals surface area contributed by atoms with Gasteiger partial charge in [-0.05, 0) is 42.5 Å². The van der Waals surface area contributed by atoms with Gasteiger partial charge >= 0.3 is 0 Å². The van der Waals surface area contributed by atoms with Crippen molar-refractivity contribution in [2.24, 2.45) is 5.41 Å². The molecule has 1 N–H and O–H groups in total. The molecule has 20 heavy (non-hydrogen) atoms. The van der Waals surface area contributed by atoms with Crippen molar-refractivity contribution in [1.82, 2.24) is 5.32 Å². The normalized spacial score (nSPS) is 14.2. The molecule has 2 rings (SSSR count). The van der Waals surface area contributed by atoms with Crippen molar-refractivity contribution in [1.29, 1.82) is 0 Å². The molecule has 0 bridgehead atoms. The summed E-state index contributed by atoms with van der Waals surface area (Å²) in [5.74, 6) is 1.54. The van der Waals surface area contributed by atoms with Gasteiger partial charge < -0.3 is 9.73 Å². The van der Waals surface area contributed by atoms with E-state index in [-0.39, 0.29) is 11.5 Å². The molecule has 1 atom stereocenters. The van der Waals surface area contributed by atoms with Gasteiger partial charge in [-0.2, -0.15) is 0 Å². The fraction of sp³-hybridized carbons (Fsp3) is 0.556. The topological polar surface area (TPSA) is 25.2 Å². The number of rotatable bonds is 3. The summed E-state index contributed by atoms with van der Waals surface area (Å²) >= 11 is 0. The van der Waals surface area contributed by atoms with Crippen LogP contribution < -0.4 is 5.32 Å². The fourth-order valence-electron chi connectivity index (χ4n) is 2.95. The Hall–Kier alpha value is -1.28. The van der Waals surface area contributed by atoms with Gasteiger partial charge in [0, 0.05) is 5.39 Å². The van der Waals surface area contributed by atoms with E-state index in [9.17, 15) is 0 Å². The average molecular weight is 273 g/mol. The maximum Gasteiger partial charge on any atom is 0.137 e. The summed E-state index contributed by atoms with van der Waals surface area (Å²) < 4.78 is 6.21. The molecule has 2 aromatic rings. The molecule has 1 unspecified atom stereocenters. The van der Waals surface area contributed by atoms with E-state index in [0.717, 1.165) is 11.3 Å². The van der Waals surface area contributed by atoms with Gasteiger partial charge in [-0.3, -0.25) is 0 Å². The number of nitrogens with one attached hydrogen (secondary N) is 1. The van der Waals surface area contributed by atoms with E-state index in [2.05, 4.69) is 65.1 Å². The smallest absolute Gasteiger partial charge is 0.137 e. The number of aryl methyl sites for hydroxylation is 1. The predicted molar refractivity (Wildman–Crippen MR) is 86.3 cm³/mol. The van der Waals surface area contributed by atoms with Crippen LogP contribution in [0.2, 0.25) is 0 Å². The van der Waals surface area contributed by atoms with E-state index in [0.29, 0.717) is 5.92 Å². The van der Waals surface area contributed by atoms with Crippen LogP contribution >= 0.6 is 0 Å². The summed E-state index contributed by atoms with van der Waals surface area (Å²) in [5.41, 5.74) is 3.73. The maximum absolute atomic E-state index is 6.21. The van der Waals surface area contributed by atoms with Gasteiger partial charge in [0.2, 0.25) is 0 Å². The van der Waals surface area contributed by atoms with Crippen LogP contribution in [0.25, 0.3) is 11.0 Å². The molecular weight excluding hydrogens is 246 g/mol. The molecule has 0 saturated heterocycles. The Balaban J connectivity index is 2.64. The zero-order chi connectivity index (χ0) is 15.1. The minimum absolute atomic E-state index is 0.120. The Bertz CT molecular complexity index is 602. The molecule has 0 spiro atoms. The SMILES string of the molecule is CNC(c1cc2c(C(C)C)ccc(C)c2o1)C(C)(C)C. The molecule has 1 aromatic heterocycles. The van der Waals surface area contributed by atoms with Gasteiger partial charge in [0.05, 0.1) is 6.04 Å². The lowest BCUT2D eigenvalue weighted by molar-refractivity contribution is 0.253. The van der Waals surface area contributed by atoms with Crippen molar-refractivity contribution in [2.45, 2.75) is 53.5 Å². The second kappa shape index (κ2) is 5.25. The number of hydrogen-bond acceptors (Lipinski definition) is 2. The third kappa shape index (κ3) is 2.62. The maximum atomic E-state index is 6.21. The minimum Gasteiger partial charge on any atom is -0.459 e. The van der Waals surface area contributed by atoms with Gasteiger partial charge in [0.1, 0.15) is 11.3 Å². The standard InChI is InChI=1S/C18H27NO/c1-11(2)13-9-8-12(3)16-14(13)10-15(20-16)17(19-7)18(4,5)6/h8-11,17,19H,1-7H3. The zero-order valence-corrected chi connectivity index (χ0v) is 13.8. The molecule has 0 fully saturated rings. The van der Waals surface area contributed by atoms with E-state index < -0.39 is 0 Å². The van der Waals surface area contributed by atoms with E-state index in [1.165, 1.54) is 16.5 Å². The van der Waals surface area contributed by atoms with Crippen molar-refractivity contribution in [3.05, 3.63) is 35.1 Å². The van der Waals surface area contributed by atoms with Crippen LogP contribution in [0, 0.1) is 12.3 Å². The summed E-state index contributed by atoms with van der Waals surface area (Å²) in [6, 6.07) is 6.84. The first-order chi connectivity index (χ1) is 9.25. The monoisotopic (exact) mass is 273 g/mol. The van der Waals surface area contributed by atoms with Gasteiger partial charge in [-0.15, -0.1) is 0 Å². The Morgan fingerprint density at radius 3 is 2.30 bits per heavy atom. The first-order valence-electron chi connectivity index (χ1n) is 7.46. The van der Waals surface area contributed by atoms with Crippen LogP contribution in [0.4, 0.5) is 0 Å². The van der Waals surface area contributed by atoms with Gasteiger partial charge in [-0.25, -0.2) is 0 Å². The van der Waals surface area contributed by atoms with Crippen LogP contribution in [0.5, 0.6) is 0 Å². The Kier molecular flexibility index (Phi) is 3.97. The lowest BCUT2D eigenvalue weighted by atomic mass is 9.85. The van der Waals surface area contributed by atoms with Crippen LogP contribution in [0.15, 0.2) is 22.6 Å². The highest BCUT2D eigenvalue weighted by atomic mass is 16.3.